The molecule has 9 amide bonds. The molecule has 18 rings (SSSR count). The topological polar surface area (TPSA) is 356 Å². The number of imidazole rings is 3. The maximum Gasteiger partial charge on any atom is 0.407 e. The summed E-state index contributed by atoms with van der Waals surface area (Å²) < 4.78 is 53.7. The highest BCUT2D eigenvalue weighted by molar-refractivity contribution is 6.09. The molecule has 0 radical (unpaired) electrons. The van der Waals surface area contributed by atoms with E-state index in [0.717, 1.165) is 174 Å². The van der Waals surface area contributed by atoms with Gasteiger partial charge in [-0.25, -0.2) is 42.9 Å². The molecule has 2 saturated carbocycles. The number of rotatable bonds is 24. The number of methoxy groups -OCH3 is 4. The molecule has 3 aromatic heterocycles. The third-order valence-corrected chi connectivity index (χ3v) is 30.6. The van der Waals surface area contributed by atoms with Crippen molar-refractivity contribution in [3.63, 3.8) is 0 Å². The molecule has 6 aliphatic heterocycles. The van der Waals surface area contributed by atoms with Gasteiger partial charge in [-0.1, -0.05) is 142 Å². The molecule has 0 spiro atoms. The third kappa shape index (κ3) is 21.6. The SMILES string of the molecule is COC(=O)N[C@H](C(=O)N1CCC[C@H]1C(=O)NC1CCN(c2ccc(-c3cnc([C@@H]4CCCN4C(=O)[C@@H](NC(=O)OC)C(C)C)[nH]3)cc2-c2ccc(C(C)(C)C)cc2)CC1)C(C)C.COC(=O)N[C@H](C(=O)N1CCC[C@H]1c1nc2cc(-c3cc(-c4cccc(N5CCC(C)CC5)c4)cc4c(-c5cc6nc([C@@H]7CCCN7C(=O)[C@@H](NC(=O)OC)C7CCCC7)[nH]c6cc5F)cccc34)c(F)cc2[nH]1)C1CCCC1. The molecule has 141 heavy (non-hydrogen) atoms. The van der Waals surface area contributed by atoms with Crippen LogP contribution in [0.5, 0.6) is 0 Å². The highest BCUT2D eigenvalue weighted by Crippen LogP contribution is 2.47. The summed E-state index contributed by atoms with van der Waals surface area (Å²) in [5.74, 6) is 0.320. The number of nitrogens with one attached hydrogen (secondary N) is 8. The largest absolute Gasteiger partial charge is 0.453 e. The standard InChI is InChI=1S/C62H69F2N9O6.C47H66N8O7/c1-35-22-26-71(27-23-35)40-17-8-16-38(28-40)39-29-43-41(44(30-39)46-32-50-52(34-48(46)64)68-58(66-50)54-21-11-25-73(54)60(75)56(70-62(77)79-3)37-14-6-7-15-37)18-9-19-42(43)45-31-49-51(33-47(45)63)67-57(65-49)53-20-10-24-72(53)59(74)55(69-61(76)78-2)36-12-4-5-13-36;1-28(2)39(51-45(59)61-8)43(57)54-22-10-12-37(54)41-48-27-35(50-41)31-16-19-36(34(26-31)30-14-17-32(18-15-30)47(5,6)7)53-24-20-33(21-25-53)49-42(56)38-13-11-23-55(38)44(58)40(29(3)4)52-46(60)62-9/h8-9,16-19,28-37,53-56H,4-7,10-15,20-27H2,1-3H3,(H,65,67)(H,66,68)(H,69,76)(H,70,77);14-19,26-29,33,37-40H,10-13,20-25H2,1-9H3,(H,48,50)(H,49,56)(H,51,59)(H,52,60)/t53-,54-,55-,56-;37-,38-,39-,40-/m00/s1. The van der Waals surface area contributed by atoms with Gasteiger partial charge in [-0.3, -0.25) is 24.0 Å². The fourth-order valence-electron chi connectivity index (χ4n) is 22.6. The predicted molar refractivity (Wildman–Crippen MR) is 538 cm³/mol. The molecule has 0 unspecified atom stereocenters. The number of anilines is 2. The van der Waals surface area contributed by atoms with E-state index in [2.05, 4.69) is 152 Å². The van der Waals surface area contributed by atoms with E-state index in [1.807, 2.05) is 63.1 Å². The zero-order valence-electron chi connectivity index (χ0n) is 83.1. The first-order chi connectivity index (χ1) is 67.9. The van der Waals surface area contributed by atoms with Crippen LogP contribution in [0.2, 0.25) is 0 Å². The van der Waals surface area contributed by atoms with Gasteiger partial charge in [0.15, 0.2) is 0 Å². The van der Waals surface area contributed by atoms with Crippen LogP contribution in [0.3, 0.4) is 0 Å². The Hall–Kier alpha value is -13.2. The van der Waals surface area contributed by atoms with E-state index >= 15 is 8.78 Å². The van der Waals surface area contributed by atoms with Gasteiger partial charge in [0.25, 0.3) is 0 Å². The second-order valence-electron chi connectivity index (χ2n) is 41.4. The number of hydrogen-bond acceptors (Lipinski definition) is 18. The van der Waals surface area contributed by atoms with Crippen molar-refractivity contribution in [3.8, 4) is 55.8 Å². The lowest BCUT2D eigenvalue weighted by Crippen LogP contribution is -2.56. The summed E-state index contributed by atoms with van der Waals surface area (Å²) in [5.41, 5.74) is 13.1. The molecular formula is C109H135F2N17O13. The van der Waals surface area contributed by atoms with Crippen molar-refractivity contribution in [2.45, 2.75) is 244 Å². The van der Waals surface area contributed by atoms with Crippen molar-refractivity contribution in [1.29, 1.82) is 0 Å². The monoisotopic (exact) mass is 1930 g/mol. The summed E-state index contributed by atoms with van der Waals surface area (Å²) in [5, 5.41) is 15.7. The number of benzene rings is 7. The molecule has 6 saturated heterocycles. The minimum atomic E-state index is -0.783. The number of hydrogen-bond donors (Lipinski definition) is 8. The number of halogens is 2. The zero-order valence-corrected chi connectivity index (χ0v) is 83.1. The number of fused-ring (bicyclic) bond motifs is 3. The van der Waals surface area contributed by atoms with Gasteiger partial charge in [-0.05, 0) is 230 Å². The summed E-state index contributed by atoms with van der Waals surface area (Å²) in [4.78, 5) is 156. The Bertz CT molecular complexity index is 6260. The summed E-state index contributed by atoms with van der Waals surface area (Å²) in [6.45, 7) is 21.8. The first-order valence-corrected chi connectivity index (χ1v) is 50.7. The predicted octanol–water partition coefficient (Wildman–Crippen LogP) is 18.8. The van der Waals surface area contributed by atoms with Crippen molar-refractivity contribution >= 4 is 98.1 Å². The second kappa shape index (κ2) is 43.1. The van der Waals surface area contributed by atoms with Gasteiger partial charge in [-0.2, -0.15) is 0 Å². The van der Waals surface area contributed by atoms with Crippen LogP contribution >= 0.6 is 0 Å². The third-order valence-electron chi connectivity index (χ3n) is 30.6. The van der Waals surface area contributed by atoms with E-state index in [4.69, 9.17) is 33.9 Å². The van der Waals surface area contributed by atoms with E-state index in [0.29, 0.717) is 130 Å². The number of alkyl carbamates (subject to hydrolysis) is 4. The molecule has 0 bridgehead atoms. The fraction of sp³-hybridized carbons (Fsp3) is 0.505. The van der Waals surface area contributed by atoms with Crippen LogP contribution < -0.4 is 36.4 Å². The van der Waals surface area contributed by atoms with E-state index in [1.54, 1.807) is 26.8 Å². The van der Waals surface area contributed by atoms with Crippen molar-refractivity contribution < 1.29 is 70.9 Å². The van der Waals surface area contributed by atoms with Crippen LogP contribution in [0.4, 0.5) is 39.3 Å². The van der Waals surface area contributed by atoms with E-state index < -0.39 is 78.3 Å². The Morgan fingerprint density at radius 1 is 0.418 bits per heavy atom. The summed E-state index contributed by atoms with van der Waals surface area (Å²) in [6, 6.07) is 35.3. The number of piperidine rings is 2. The first-order valence-electron chi connectivity index (χ1n) is 50.7. The minimum Gasteiger partial charge on any atom is -0.453 e. The summed E-state index contributed by atoms with van der Waals surface area (Å²) >= 11 is 0. The maximum atomic E-state index is 17.2. The van der Waals surface area contributed by atoms with Crippen molar-refractivity contribution in [2.75, 3.05) is 90.6 Å². The lowest BCUT2D eigenvalue weighted by molar-refractivity contribution is -0.141. The molecule has 9 heterocycles. The van der Waals surface area contributed by atoms with E-state index in [9.17, 15) is 43.2 Å². The number of nitrogens with zero attached hydrogens (tertiary/aromatic N) is 9. The lowest BCUT2D eigenvalue weighted by atomic mass is 9.86. The van der Waals surface area contributed by atoms with Crippen LogP contribution in [0, 0.1) is 41.2 Å². The molecule has 32 heteroatoms. The first kappa shape index (κ1) is 99.4. The number of amides is 9. The molecule has 748 valence electrons. The van der Waals surface area contributed by atoms with Gasteiger partial charge < -0.3 is 89.9 Å². The quantitative estimate of drug-likeness (QED) is 0.0261. The number of carbonyl (C=O) groups excluding carboxylic acids is 9. The van der Waals surface area contributed by atoms with Crippen LogP contribution in [-0.2, 0) is 48.3 Å². The molecule has 2 aliphatic carbocycles. The highest BCUT2D eigenvalue weighted by Gasteiger charge is 2.46. The summed E-state index contributed by atoms with van der Waals surface area (Å²) in [7, 11) is 5.15. The smallest absolute Gasteiger partial charge is 0.407 e. The van der Waals surface area contributed by atoms with Crippen molar-refractivity contribution in [3.05, 3.63) is 162 Å². The Morgan fingerprint density at radius 2 is 0.894 bits per heavy atom. The molecular weight excluding hydrogens is 1790 g/mol. The molecule has 7 aromatic carbocycles. The van der Waals surface area contributed by atoms with Crippen LogP contribution in [0.25, 0.3) is 88.6 Å². The summed E-state index contributed by atoms with van der Waals surface area (Å²) in [6.07, 6.45) is 15.9. The van der Waals surface area contributed by atoms with Crippen LogP contribution in [-0.4, -0.2) is 220 Å². The maximum absolute atomic E-state index is 17.2. The average Bonchev–Trinajstić information content (AvgIpc) is 1.57. The Kier molecular flexibility index (Phi) is 30.4. The van der Waals surface area contributed by atoms with Gasteiger partial charge in [-0.15, -0.1) is 0 Å². The average molecular weight is 1930 g/mol. The zero-order chi connectivity index (χ0) is 99.4. The van der Waals surface area contributed by atoms with Crippen molar-refractivity contribution in [1.82, 2.24) is 76.1 Å². The molecule has 8 N–H and O–H groups in total. The lowest BCUT2D eigenvalue weighted by Gasteiger charge is -2.36. The number of aromatic amines is 3. The fourth-order valence-corrected chi connectivity index (χ4v) is 22.6. The number of likely N-dealkylation sites (tertiary alicyclic amines) is 4. The van der Waals surface area contributed by atoms with Gasteiger partial charge in [0, 0.05) is 104 Å². The Balaban J connectivity index is 0.000000201. The molecule has 30 nitrogen and oxygen atoms in total. The molecule has 8 aliphatic rings. The molecule has 8 fully saturated rings. The molecule has 10 aromatic rings. The normalized spacial score (nSPS) is 19.8. The second-order valence-corrected chi connectivity index (χ2v) is 41.4. The number of carbonyl (C=O) groups is 9. The van der Waals surface area contributed by atoms with Gasteiger partial charge in [0.05, 0.1) is 80.5 Å². The van der Waals surface area contributed by atoms with Gasteiger partial charge >= 0.3 is 24.4 Å². The van der Waals surface area contributed by atoms with Crippen LogP contribution in [0.1, 0.15) is 225 Å². The molecule has 8 atom stereocenters. The van der Waals surface area contributed by atoms with E-state index in [-0.39, 0.29) is 70.7 Å². The highest BCUT2D eigenvalue weighted by atomic mass is 19.1. The van der Waals surface area contributed by atoms with Crippen molar-refractivity contribution in [2.24, 2.45) is 29.6 Å². The number of aromatic nitrogens is 6. The van der Waals surface area contributed by atoms with E-state index in [1.165, 1.54) is 46.1 Å². The van der Waals surface area contributed by atoms with Gasteiger partial charge in [0.1, 0.15) is 59.3 Å². The minimum absolute atomic E-state index is 0.000796. The van der Waals surface area contributed by atoms with Crippen LogP contribution in [0.15, 0.2) is 128 Å². The number of ether oxygens (including phenoxy) is 4. The van der Waals surface area contributed by atoms with Gasteiger partial charge in [0.2, 0.25) is 29.5 Å². The Labute approximate surface area is 822 Å². The number of H-pyrrole nitrogens is 3. The Morgan fingerprint density at radius 3 is 1.43 bits per heavy atom.